The Morgan fingerprint density at radius 3 is 2.95 bits per heavy atom. The minimum Gasteiger partial charge on any atom is -0.513 e. The van der Waals surface area contributed by atoms with Gasteiger partial charge < -0.3 is 4.42 Å². The van der Waals surface area contributed by atoms with E-state index in [1.165, 1.54) is 0 Å². The molecule has 0 saturated heterocycles. The van der Waals surface area contributed by atoms with E-state index in [0.717, 1.165) is 27.6 Å². The zero-order valence-electron chi connectivity index (χ0n) is 9.70. The van der Waals surface area contributed by atoms with Gasteiger partial charge in [0.1, 0.15) is 5.58 Å². The first kappa shape index (κ1) is 12.1. The van der Waals surface area contributed by atoms with E-state index in [2.05, 4.69) is 16.1 Å². The molecule has 95 valence electrons. The maximum absolute atomic E-state index is 5.88. The van der Waals surface area contributed by atoms with Gasteiger partial charge in [-0.15, -0.1) is 0 Å². The van der Waals surface area contributed by atoms with Crippen LogP contribution in [0.2, 0.25) is 0 Å². The molecule has 5 heteroatoms. The Bertz CT molecular complexity index is 836. The standard InChI is InChI=1S/C14H8N3O.Ir/c1-3-10-11-9-15-7-5-13(11)18-14(10)12(4-1)17-8-2-6-16-17;/h1-3,5-9H;/q-1;. The quantitative estimate of drug-likeness (QED) is 0.440. The van der Waals surface area contributed by atoms with Crippen LogP contribution in [0.3, 0.4) is 0 Å². The van der Waals surface area contributed by atoms with Gasteiger partial charge in [0.15, 0.2) is 0 Å². The van der Waals surface area contributed by atoms with Gasteiger partial charge in [0.25, 0.3) is 0 Å². The molecule has 1 radical (unpaired) electrons. The van der Waals surface area contributed by atoms with Crippen molar-refractivity contribution in [3.05, 3.63) is 55.1 Å². The molecule has 4 aromatic rings. The van der Waals surface area contributed by atoms with Crippen LogP contribution in [0.15, 0.2) is 53.5 Å². The maximum atomic E-state index is 5.88. The van der Waals surface area contributed by atoms with E-state index >= 15 is 0 Å². The van der Waals surface area contributed by atoms with Crippen molar-refractivity contribution in [2.75, 3.05) is 0 Å². The zero-order valence-corrected chi connectivity index (χ0v) is 12.1. The van der Waals surface area contributed by atoms with E-state index in [0.29, 0.717) is 0 Å². The number of pyridine rings is 1. The SMILES string of the molecule is [Ir].[c-]1ccc2c(oc3ccncc32)c1-n1cccn1. The Hall–Kier alpha value is -1.97. The number of rotatable bonds is 1. The van der Waals surface area contributed by atoms with E-state index in [4.69, 9.17) is 4.42 Å². The molecule has 0 unspecified atom stereocenters. The van der Waals surface area contributed by atoms with Gasteiger partial charge in [-0.3, -0.25) is 9.67 Å². The number of benzene rings is 1. The van der Waals surface area contributed by atoms with Crippen molar-refractivity contribution in [1.82, 2.24) is 14.8 Å². The molecule has 0 bridgehead atoms. The molecule has 4 nitrogen and oxygen atoms in total. The molecule has 4 rings (SSSR count). The number of nitrogens with zero attached hydrogens (tertiary/aromatic N) is 3. The molecule has 19 heavy (non-hydrogen) atoms. The Balaban J connectivity index is 0.00000110. The second-order valence-corrected chi connectivity index (χ2v) is 3.99. The summed E-state index contributed by atoms with van der Waals surface area (Å²) in [6, 6.07) is 10.8. The van der Waals surface area contributed by atoms with Crippen LogP contribution in [0.5, 0.6) is 0 Å². The van der Waals surface area contributed by atoms with Crippen molar-refractivity contribution in [2.45, 2.75) is 0 Å². The van der Waals surface area contributed by atoms with E-state index in [9.17, 15) is 0 Å². The smallest absolute Gasteiger partial charge is 0.119 e. The first-order valence-electron chi connectivity index (χ1n) is 5.60. The summed E-state index contributed by atoms with van der Waals surface area (Å²) in [6.07, 6.45) is 7.14. The first-order chi connectivity index (χ1) is 8.93. The molecule has 3 heterocycles. The van der Waals surface area contributed by atoms with Gasteiger partial charge in [-0.1, -0.05) is 5.39 Å². The Kier molecular flexibility index (Phi) is 2.93. The number of hydrogen-bond acceptors (Lipinski definition) is 3. The molecular formula is C14H8IrN3O-. The topological polar surface area (TPSA) is 43.9 Å². The largest absolute Gasteiger partial charge is 0.513 e. The third-order valence-corrected chi connectivity index (χ3v) is 2.95. The Labute approximate surface area is 122 Å². The molecule has 0 N–H and O–H groups in total. The summed E-state index contributed by atoms with van der Waals surface area (Å²) in [5.74, 6) is 0. The number of furan rings is 1. The monoisotopic (exact) mass is 427 g/mol. The van der Waals surface area contributed by atoms with E-state index in [1.807, 2.05) is 36.7 Å². The molecule has 3 aromatic heterocycles. The van der Waals surface area contributed by atoms with Crippen LogP contribution in [-0.4, -0.2) is 14.8 Å². The fraction of sp³-hybridized carbons (Fsp3) is 0. The summed E-state index contributed by atoms with van der Waals surface area (Å²) in [7, 11) is 0. The van der Waals surface area contributed by atoms with Crippen molar-refractivity contribution >= 4 is 21.9 Å². The van der Waals surface area contributed by atoms with Crippen LogP contribution in [0.1, 0.15) is 0 Å². The zero-order chi connectivity index (χ0) is 11.9. The van der Waals surface area contributed by atoms with E-state index < -0.39 is 0 Å². The van der Waals surface area contributed by atoms with Crippen molar-refractivity contribution in [3.8, 4) is 5.69 Å². The molecule has 0 fully saturated rings. The average molecular weight is 426 g/mol. The predicted molar refractivity (Wildman–Crippen MR) is 67.5 cm³/mol. The molecule has 0 aliphatic rings. The fourth-order valence-electron chi connectivity index (χ4n) is 2.14. The maximum Gasteiger partial charge on any atom is 0.119 e. The Morgan fingerprint density at radius 2 is 2.11 bits per heavy atom. The summed E-state index contributed by atoms with van der Waals surface area (Å²) in [5.41, 5.74) is 2.42. The number of fused-ring (bicyclic) bond motifs is 3. The van der Waals surface area contributed by atoms with Crippen molar-refractivity contribution in [3.63, 3.8) is 0 Å². The van der Waals surface area contributed by atoms with Gasteiger partial charge in [-0.05, 0) is 17.8 Å². The molecule has 1 aromatic carbocycles. The van der Waals surface area contributed by atoms with Crippen LogP contribution < -0.4 is 0 Å². The number of hydrogen-bond donors (Lipinski definition) is 0. The van der Waals surface area contributed by atoms with Gasteiger partial charge in [0.05, 0.1) is 0 Å². The minimum absolute atomic E-state index is 0. The fourth-order valence-corrected chi connectivity index (χ4v) is 2.14. The van der Waals surface area contributed by atoms with E-state index in [1.54, 1.807) is 17.1 Å². The predicted octanol–water partition coefficient (Wildman–Crippen LogP) is 2.96. The second-order valence-electron chi connectivity index (χ2n) is 3.99. The van der Waals surface area contributed by atoms with Gasteiger partial charge in [0.2, 0.25) is 0 Å². The molecule has 0 saturated carbocycles. The van der Waals surface area contributed by atoms with Crippen LogP contribution in [0, 0.1) is 6.07 Å². The van der Waals surface area contributed by atoms with Crippen molar-refractivity contribution < 1.29 is 24.5 Å². The van der Waals surface area contributed by atoms with Crippen molar-refractivity contribution in [2.24, 2.45) is 0 Å². The molecule has 0 spiro atoms. The average Bonchev–Trinajstić information content (AvgIpc) is 3.05. The molecule has 0 aliphatic heterocycles. The van der Waals surface area contributed by atoms with Gasteiger partial charge >= 0.3 is 0 Å². The molecular weight excluding hydrogens is 418 g/mol. The molecule has 0 atom stereocenters. The molecule has 0 amide bonds. The Morgan fingerprint density at radius 1 is 1.16 bits per heavy atom. The van der Waals surface area contributed by atoms with Crippen molar-refractivity contribution in [1.29, 1.82) is 0 Å². The molecule has 0 aliphatic carbocycles. The van der Waals surface area contributed by atoms with Crippen LogP contribution in [0.25, 0.3) is 27.6 Å². The second kappa shape index (κ2) is 4.61. The van der Waals surface area contributed by atoms with Gasteiger partial charge in [-0.25, -0.2) is 0 Å². The number of aromatic nitrogens is 3. The summed E-state index contributed by atoms with van der Waals surface area (Å²) in [6.45, 7) is 0. The van der Waals surface area contributed by atoms with Gasteiger partial charge in [0, 0.05) is 55.9 Å². The van der Waals surface area contributed by atoms with E-state index in [-0.39, 0.29) is 20.1 Å². The van der Waals surface area contributed by atoms with Crippen LogP contribution in [-0.2, 0) is 20.1 Å². The third kappa shape index (κ3) is 1.79. The summed E-state index contributed by atoms with van der Waals surface area (Å²) >= 11 is 0. The summed E-state index contributed by atoms with van der Waals surface area (Å²) in [4.78, 5) is 4.14. The normalized spacial score (nSPS) is 10.7. The van der Waals surface area contributed by atoms with Gasteiger partial charge in [-0.2, -0.15) is 23.3 Å². The first-order valence-corrected chi connectivity index (χ1v) is 5.60. The minimum atomic E-state index is 0. The summed E-state index contributed by atoms with van der Waals surface area (Å²) < 4.78 is 7.62. The van der Waals surface area contributed by atoms with Crippen LogP contribution in [0.4, 0.5) is 0 Å². The third-order valence-electron chi connectivity index (χ3n) is 2.95. The van der Waals surface area contributed by atoms with Crippen LogP contribution >= 0.6 is 0 Å². The summed E-state index contributed by atoms with van der Waals surface area (Å²) in [5, 5.41) is 6.26.